The van der Waals surface area contributed by atoms with Crippen molar-refractivity contribution in [1.82, 2.24) is 0 Å². The number of carboxylic acid groups (broad SMARTS) is 1. The smallest absolute Gasteiger partial charge is 0.343 e. The van der Waals surface area contributed by atoms with Crippen LogP contribution in [0.3, 0.4) is 0 Å². The Kier molecular flexibility index (Phi) is 18.3. The quantitative estimate of drug-likeness (QED) is 0.101. The molecular formula is C57H51O6-. The van der Waals surface area contributed by atoms with E-state index in [0.29, 0.717) is 28.2 Å². The van der Waals surface area contributed by atoms with E-state index in [1.807, 2.05) is 31.2 Å². The van der Waals surface area contributed by atoms with Crippen LogP contribution in [0.2, 0.25) is 0 Å². The van der Waals surface area contributed by atoms with Crippen molar-refractivity contribution in [3.05, 3.63) is 251 Å². The van der Waals surface area contributed by atoms with E-state index in [0.717, 1.165) is 22.3 Å². The average Bonchev–Trinajstić information content (AvgIpc) is 3.31. The van der Waals surface area contributed by atoms with Gasteiger partial charge >= 0.3 is 11.9 Å². The molecule has 7 aromatic rings. The molecule has 0 saturated heterocycles. The highest BCUT2D eigenvalue weighted by atomic mass is 16.5. The van der Waals surface area contributed by atoms with Crippen LogP contribution in [0, 0.1) is 27.7 Å². The SMILES string of the molecule is C=Cc1ccc(-c2ccc(C)cc2)cc1.C=Cc1ccc(C(=O)Oc2ccc(C(=O)Oc3ccc(C)cc3)cc2C)cc1.C=Cc1ccc(C(=O)[O-])cc1.C=Cc1ccc(C)cc1. The second-order valence-corrected chi connectivity index (χ2v) is 14.3. The van der Waals surface area contributed by atoms with Gasteiger partial charge in [0.2, 0.25) is 0 Å². The highest BCUT2D eigenvalue weighted by molar-refractivity contribution is 5.93. The fraction of sp³-hybridized carbons (Fsp3) is 0.0702. The van der Waals surface area contributed by atoms with Crippen molar-refractivity contribution in [1.29, 1.82) is 0 Å². The van der Waals surface area contributed by atoms with E-state index >= 15 is 0 Å². The van der Waals surface area contributed by atoms with E-state index in [2.05, 4.69) is 113 Å². The summed E-state index contributed by atoms with van der Waals surface area (Å²) in [4.78, 5) is 34.9. The molecule has 0 bridgehead atoms. The Balaban J connectivity index is 0.000000207. The Labute approximate surface area is 371 Å². The third-order valence-corrected chi connectivity index (χ3v) is 9.45. The third kappa shape index (κ3) is 15.5. The van der Waals surface area contributed by atoms with Crippen LogP contribution in [0.4, 0.5) is 0 Å². The van der Waals surface area contributed by atoms with E-state index in [1.165, 1.54) is 39.9 Å². The van der Waals surface area contributed by atoms with Crippen molar-refractivity contribution in [2.75, 3.05) is 0 Å². The average molecular weight is 832 g/mol. The van der Waals surface area contributed by atoms with E-state index in [9.17, 15) is 19.5 Å². The number of ether oxygens (including phenoxy) is 2. The van der Waals surface area contributed by atoms with Gasteiger partial charge in [0, 0.05) is 0 Å². The second-order valence-electron chi connectivity index (χ2n) is 14.3. The summed E-state index contributed by atoms with van der Waals surface area (Å²) in [5.74, 6) is -1.21. The highest BCUT2D eigenvalue weighted by Crippen LogP contribution is 2.23. The van der Waals surface area contributed by atoms with Gasteiger partial charge in [-0.3, -0.25) is 0 Å². The molecule has 0 aliphatic carbocycles. The van der Waals surface area contributed by atoms with E-state index in [4.69, 9.17) is 9.47 Å². The van der Waals surface area contributed by atoms with Crippen molar-refractivity contribution in [3.63, 3.8) is 0 Å². The molecule has 0 amide bonds. The van der Waals surface area contributed by atoms with Crippen molar-refractivity contribution in [2.45, 2.75) is 27.7 Å². The maximum atomic E-state index is 12.3. The van der Waals surface area contributed by atoms with Crippen LogP contribution >= 0.6 is 0 Å². The summed E-state index contributed by atoms with van der Waals surface area (Å²) in [5.41, 5.74) is 12.0. The number of esters is 2. The number of hydrogen-bond acceptors (Lipinski definition) is 6. The normalized spacial score (nSPS) is 9.78. The highest BCUT2D eigenvalue weighted by Gasteiger charge is 2.14. The van der Waals surface area contributed by atoms with Crippen LogP contribution in [0.15, 0.2) is 190 Å². The standard InChI is InChI=1S/C24H20O4.C15H14.C9H8O2.C9H10/c1-4-18-7-9-19(10-8-18)23(25)28-22-14-11-20(15-17(22)3)24(26)27-21-12-5-16(2)6-13-21;1-3-13-6-10-15(11-7-13)14-8-4-12(2)5-9-14;1-2-7-3-5-8(6-4-7)9(10)11;1-3-9-6-4-8(2)5-7-9/h4-15H,1H2,2-3H3;3-11H,1H2,2H3;2-6H,1H2,(H,10,11);3-7H,1H2,2H3/p-1. The number of carbonyl (C=O) groups excluding carboxylic acids is 3. The number of rotatable bonds is 10. The largest absolute Gasteiger partial charge is 0.545 e. The molecule has 0 atom stereocenters. The van der Waals surface area contributed by atoms with Crippen LogP contribution in [0.5, 0.6) is 11.5 Å². The molecule has 0 N–H and O–H groups in total. The zero-order valence-electron chi connectivity index (χ0n) is 36.2. The lowest BCUT2D eigenvalue weighted by Crippen LogP contribution is -2.21. The molecule has 0 fully saturated rings. The van der Waals surface area contributed by atoms with Crippen LogP contribution in [-0.4, -0.2) is 17.9 Å². The first-order valence-corrected chi connectivity index (χ1v) is 20.1. The molecule has 6 nitrogen and oxygen atoms in total. The van der Waals surface area contributed by atoms with Crippen molar-refractivity contribution >= 4 is 42.2 Å². The van der Waals surface area contributed by atoms with E-state index in [-0.39, 0.29) is 5.56 Å². The molecule has 0 aliphatic rings. The maximum Gasteiger partial charge on any atom is 0.343 e. The van der Waals surface area contributed by atoms with Gasteiger partial charge in [-0.25, -0.2) is 9.59 Å². The van der Waals surface area contributed by atoms with Crippen molar-refractivity contribution in [2.24, 2.45) is 0 Å². The lowest BCUT2D eigenvalue weighted by molar-refractivity contribution is -0.255. The number of aromatic carboxylic acids is 1. The molecule has 0 spiro atoms. The minimum Gasteiger partial charge on any atom is -0.545 e. The molecule has 7 aromatic carbocycles. The summed E-state index contributed by atoms with van der Waals surface area (Å²) < 4.78 is 10.8. The molecule has 63 heavy (non-hydrogen) atoms. The van der Waals surface area contributed by atoms with E-state index < -0.39 is 17.9 Å². The minimum absolute atomic E-state index is 0.190. The minimum atomic E-state index is -1.15. The molecule has 316 valence electrons. The Morgan fingerprint density at radius 3 is 1.16 bits per heavy atom. The van der Waals surface area contributed by atoms with Crippen molar-refractivity contribution < 1.29 is 29.0 Å². The van der Waals surface area contributed by atoms with Gasteiger partial charge < -0.3 is 19.4 Å². The van der Waals surface area contributed by atoms with Crippen LogP contribution < -0.4 is 14.6 Å². The number of benzene rings is 7. The summed E-state index contributed by atoms with van der Waals surface area (Å²) in [5, 5.41) is 10.3. The molecule has 0 heterocycles. The van der Waals surface area contributed by atoms with Gasteiger partial charge in [0.25, 0.3) is 0 Å². The maximum absolute atomic E-state index is 12.3. The van der Waals surface area contributed by atoms with Gasteiger partial charge in [0.15, 0.2) is 0 Å². The molecule has 0 aromatic heterocycles. The Bertz CT molecular complexity index is 2620. The predicted molar refractivity (Wildman–Crippen MR) is 258 cm³/mol. The first kappa shape index (κ1) is 47.6. The Morgan fingerprint density at radius 2 is 0.746 bits per heavy atom. The summed E-state index contributed by atoms with van der Waals surface area (Å²) >= 11 is 0. The first-order valence-electron chi connectivity index (χ1n) is 20.1. The zero-order chi connectivity index (χ0) is 45.7. The second kappa shape index (κ2) is 24.2. The van der Waals surface area contributed by atoms with Gasteiger partial charge in [-0.1, -0.05) is 189 Å². The summed E-state index contributed by atoms with van der Waals surface area (Å²) in [7, 11) is 0. The summed E-state index contributed by atoms with van der Waals surface area (Å²) in [6, 6.07) is 50.6. The van der Waals surface area contributed by atoms with Crippen molar-refractivity contribution in [3.8, 4) is 22.6 Å². The fourth-order valence-electron chi connectivity index (χ4n) is 5.59. The number of carboxylic acids is 1. The summed E-state index contributed by atoms with van der Waals surface area (Å²) in [6.45, 7) is 22.5. The molecular weight excluding hydrogens is 781 g/mol. The van der Waals surface area contributed by atoms with Crippen LogP contribution in [0.25, 0.3) is 35.4 Å². The predicted octanol–water partition coefficient (Wildman–Crippen LogP) is 13.0. The Hall–Kier alpha value is -8.09. The fourth-order valence-corrected chi connectivity index (χ4v) is 5.59. The van der Waals surface area contributed by atoms with Gasteiger partial charge in [-0.2, -0.15) is 0 Å². The first-order chi connectivity index (χ1) is 30.3. The topological polar surface area (TPSA) is 92.7 Å². The molecule has 0 unspecified atom stereocenters. The lowest BCUT2D eigenvalue weighted by atomic mass is 10.0. The van der Waals surface area contributed by atoms with E-state index in [1.54, 1.807) is 85.8 Å². The van der Waals surface area contributed by atoms with Gasteiger partial charge in [0.05, 0.1) is 17.1 Å². The lowest BCUT2D eigenvalue weighted by Gasteiger charge is -2.10. The Morgan fingerprint density at radius 1 is 0.413 bits per heavy atom. The number of aryl methyl sites for hydroxylation is 4. The number of hydrogen-bond donors (Lipinski definition) is 0. The zero-order valence-corrected chi connectivity index (χ0v) is 36.2. The van der Waals surface area contributed by atoms with Crippen LogP contribution in [0.1, 0.15) is 75.6 Å². The van der Waals surface area contributed by atoms with Gasteiger partial charge in [0.1, 0.15) is 11.5 Å². The monoisotopic (exact) mass is 831 g/mol. The molecule has 0 radical (unpaired) electrons. The number of carbonyl (C=O) groups is 3. The van der Waals surface area contributed by atoms with Gasteiger partial charge in [-0.05, 0) is 115 Å². The van der Waals surface area contributed by atoms with Crippen LogP contribution in [-0.2, 0) is 0 Å². The molecule has 6 heteroatoms. The third-order valence-electron chi connectivity index (χ3n) is 9.45. The molecule has 0 saturated carbocycles. The summed E-state index contributed by atoms with van der Waals surface area (Å²) in [6.07, 6.45) is 7.06. The molecule has 0 aliphatic heterocycles. The van der Waals surface area contributed by atoms with Gasteiger partial charge in [-0.15, -0.1) is 0 Å². The molecule has 7 rings (SSSR count).